The van der Waals surface area contributed by atoms with Crippen LogP contribution < -0.4 is 4.74 Å². The molecule has 0 saturated carbocycles. The van der Waals surface area contributed by atoms with Crippen molar-refractivity contribution in [3.63, 3.8) is 0 Å². The highest BCUT2D eigenvalue weighted by molar-refractivity contribution is 5.88. The van der Waals surface area contributed by atoms with Gasteiger partial charge in [-0.05, 0) is 24.3 Å². The molecule has 0 saturated heterocycles. The summed E-state index contributed by atoms with van der Waals surface area (Å²) in [6.45, 7) is 0. The lowest BCUT2D eigenvalue weighted by molar-refractivity contribution is 0.0697. The summed E-state index contributed by atoms with van der Waals surface area (Å²) in [5.74, 6) is 0.168. The van der Waals surface area contributed by atoms with Gasteiger partial charge in [0.2, 0.25) is 0 Å². The van der Waals surface area contributed by atoms with Crippen molar-refractivity contribution in [1.29, 1.82) is 0 Å². The molecule has 2 aromatic heterocycles. The van der Waals surface area contributed by atoms with Crippen LogP contribution in [0.25, 0.3) is 17.0 Å². The fourth-order valence-electron chi connectivity index (χ4n) is 1.96. The first-order chi connectivity index (χ1) is 9.69. The van der Waals surface area contributed by atoms with Crippen molar-refractivity contribution >= 4 is 11.6 Å². The zero-order chi connectivity index (χ0) is 14.1. The topological polar surface area (TPSA) is 76.7 Å². The van der Waals surface area contributed by atoms with Gasteiger partial charge in [0.1, 0.15) is 5.75 Å². The van der Waals surface area contributed by atoms with Gasteiger partial charge in [-0.3, -0.25) is 0 Å². The minimum absolute atomic E-state index is 0.177. The molecule has 2 heterocycles. The van der Waals surface area contributed by atoms with Gasteiger partial charge in [-0.25, -0.2) is 14.3 Å². The molecule has 0 atom stereocenters. The first-order valence-electron chi connectivity index (χ1n) is 5.92. The molecule has 1 aromatic carbocycles. The number of ether oxygens (including phenoxy) is 1. The van der Waals surface area contributed by atoms with Gasteiger partial charge < -0.3 is 9.84 Å². The van der Waals surface area contributed by atoms with Crippen molar-refractivity contribution in [2.24, 2.45) is 0 Å². The third-order valence-corrected chi connectivity index (χ3v) is 2.93. The number of carboxylic acid groups (broad SMARTS) is 1. The summed E-state index contributed by atoms with van der Waals surface area (Å²) >= 11 is 0. The van der Waals surface area contributed by atoms with E-state index in [-0.39, 0.29) is 5.56 Å². The Morgan fingerprint density at radius 2 is 2.10 bits per heavy atom. The largest absolute Gasteiger partial charge is 0.496 e. The van der Waals surface area contributed by atoms with Crippen LogP contribution in [0.15, 0.2) is 42.6 Å². The van der Waals surface area contributed by atoms with E-state index in [0.717, 1.165) is 5.56 Å². The summed E-state index contributed by atoms with van der Waals surface area (Å²) in [4.78, 5) is 15.3. The Kier molecular flexibility index (Phi) is 2.83. The van der Waals surface area contributed by atoms with Crippen LogP contribution in [0.1, 0.15) is 10.4 Å². The van der Waals surface area contributed by atoms with Crippen molar-refractivity contribution in [3.05, 3.63) is 48.2 Å². The predicted molar refractivity (Wildman–Crippen MR) is 71.9 cm³/mol. The first kappa shape index (κ1) is 12.2. The number of nitrogens with zero attached hydrogens (tertiary/aromatic N) is 3. The number of fused-ring (bicyclic) bond motifs is 1. The van der Waals surface area contributed by atoms with Crippen molar-refractivity contribution in [3.8, 4) is 17.1 Å². The second-order valence-electron chi connectivity index (χ2n) is 4.16. The van der Waals surface area contributed by atoms with Gasteiger partial charge in [0.05, 0.1) is 18.2 Å². The molecule has 3 rings (SSSR count). The molecule has 100 valence electrons. The molecule has 0 radical (unpaired) electrons. The monoisotopic (exact) mass is 269 g/mol. The summed E-state index contributed by atoms with van der Waals surface area (Å²) in [5.41, 5.74) is 1.41. The quantitative estimate of drug-likeness (QED) is 0.788. The van der Waals surface area contributed by atoms with Gasteiger partial charge in [0, 0.05) is 6.20 Å². The van der Waals surface area contributed by atoms with E-state index in [2.05, 4.69) is 10.1 Å². The van der Waals surface area contributed by atoms with Crippen molar-refractivity contribution in [2.45, 2.75) is 0 Å². The molecule has 3 aromatic rings. The number of hydrogen-bond acceptors (Lipinski definition) is 4. The predicted octanol–water partition coefficient (Wildman–Crippen LogP) is 2.10. The lowest BCUT2D eigenvalue weighted by atomic mass is 10.2. The third kappa shape index (κ3) is 1.97. The van der Waals surface area contributed by atoms with Crippen LogP contribution >= 0.6 is 0 Å². The summed E-state index contributed by atoms with van der Waals surface area (Å²) in [5, 5.41) is 13.3. The lowest BCUT2D eigenvalue weighted by Gasteiger charge is -2.03. The number of benzene rings is 1. The molecule has 0 spiro atoms. The minimum atomic E-state index is -0.991. The summed E-state index contributed by atoms with van der Waals surface area (Å²) in [6.07, 6.45) is 1.57. The number of carboxylic acids is 1. The molecule has 20 heavy (non-hydrogen) atoms. The molecule has 0 amide bonds. The highest BCUT2D eigenvalue weighted by Gasteiger charge is 2.12. The number of aromatic carboxylic acids is 1. The Bertz CT molecular complexity index is 795. The number of rotatable bonds is 3. The number of para-hydroxylation sites is 1. The van der Waals surface area contributed by atoms with E-state index in [1.54, 1.807) is 13.3 Å². The fraction of sp³-hybridized carbons (Fsp3) is 0.0714. The maximum atomic E-state index is 10.9. The maximum absolute atomic E-state index is 10.9. The lowest BCUT2D eigenvalue weighted by Crippen LogP contribution is -1.97. The van der Waals surface area contributed by atoms with Gasteiger partial charge in [-0.2, -0.15) is 0 Å². The number of methoxy groups -OCH3 is 1. The average Bonchev–Trinajstić information content (AvgIpc) is 2.89. The van der Waals surface area contributed by atoms with Crippen molar-refractivity contribution < 1.29 is 14.6 Å². The van der Waals surface area contributed by atoms with E-state index in [1.807, 2.05) is 24.3 Å². The SMILES string of the molecule is COc1ccccc1-c1nc2cc(C(=O)O)ccn2n1. The number of carbonyl (C=O) groups is 1. The molecule has 0 aliphatic rings. The Morgan fingerprint density at radius 3 is 2.85 bits per heavy atom. The highest BCUT2D eigenvalue weighted by Crippen LogP contribution is 2.27. The van der Waals surface area contributed by atoms with Crippen LogP contribution in [-0.2, 0) is 0 Å². The molecule has 0 aliphatic heterocycles. The van der Waals surface area contributed by atoms with Crippen LogP contribution in [0.3, 0.4) is 0 Å². The van der Waals surface area contributed by atoms with E-state index >= 15 is 0 Å². The molecule has 1 N–H and O–H groups in total. The molecule has 0 fully saturated rings. The molecular formula is C14H11N3O3. The van der Waals surface area contributed by atoms with E-state index < -0.39 is 5.97 Å². The summed E-state index contributed by atoms with van der Waals surface area (Å²) < 4.78 is 6.81. The Labute approximate surface area is 114 Å². The van der Waals surface area contributed by atoms with Crippen LogP contribution in [0.2, 0.25) is 0 Å². The second kappa shape index (κ2) is 4.65. The number of pyridine rings is 1. The summed E-state index contributed by atoms with van der Waals surface area (Å²) in [7, 11) is 1.58. The van der Waals surface area contributed by atoms with Gasteiger partial charge in [-0.15, -0.1) is 5.10 Å². The Hall–Kier alpha value is -2.89. The third-order valence-electron chi connectivity index (χ3n) is 2.93. The number of aromatic nitrogens is 3. The first-order valence-corrected chi connectivity index (χ1v) is 5.92. The van der Waals surface area contributed by atoms with Crippen LogP contribution in [-0.4, -0.2) is 32.8 Å². The smallest absolute Gasteiger partial charge is 0.335 e. The molecule has 0 aliphatic carbocycles. The Morgan fingerprint density at radius 1 is 1.30 bits per heavy atom. The fourth-order valence-corrected chi connectivity index (χ4v) is 1.96. The average molecular weight is 269 g/mol. The second-order valence-corrected chi connectivity index (χ2v) is 4.16. The van der Waals surface area contributed by atoms with E-state index in [1.165, 1.54) is 16.6 Å². The highest BCUT2D eigenvalue weighted by atomic mass is 16.5. The maximum Gasteiger partial charge on any atom is 0.335 e. The molecular weight excluding hydrogens is 258 g/mol. The van der Waals surface area contributed by atoms with Gasteiger partial charge in [0.15, 0.2) is 11.5 Å². The molecule has 0 unspecified atom stereocenters. The zero-order valence-corrected chi connectivity index (χ0v) is 10.6. The van der Waals surface area contributed by atoms with Crippen LogP contribution in [0.5, 0.6) is 5.75 Å². The normalized spacial score (nSPS) is 10.7. The standard InChI is InChI=1S/C14H11N3O3/c1-20-11-5-3-2-4-10(11)13-15-12-8-9(14(18)19)6-7-17(12)16-13/h2-8H,1H3,(H,18,19). The molecule has 6 nitrogen and oxygen atoms in total. The van der Waals surface area contributed by atoms with E-state index in [0.29, 0.717) is 17.2 Å². The van der Waals surface area contributed by atoms with Gasteiger partial charge in [0.25, 0.3) is 0 Å². The zero-order valence-electron chi connectivity index (χ0n) is 10.6. The Balaban J connectivity index is 2.15. The summed E-state index contributed by atoms with van der Waals surface area (Å²) in [6, 6.07) is 10.4. The van der Waals surface area contributed by atoms with Crippen molar-refractivity contribution in [2.75, 3.05) is 7.11 Å². The van der Waals surface area contributed by atoms with E-state index in [4.69, 9.17) is 9.84 Å². The number of hydrogen-bond donors (Lipinski definition) is 1. The molecule has 0 bridgehead atoms. The van der Waals surface area contributed by atoms with Crippen molar-refractivity contribution in [1.82, 2.24) is 14.6 Å². The van der Waals surface area contributed by atoms with E-state index in [9.17, 15) is 4.79 Å². The van der Waals surface area contributed by atoms with Crippen LogP contribution in [0.4, 0.5) is 0 Å². The van der Waals surface area contributed by atoms with Gasteiger partial charge in [-0.1, -0.05) is 12.1 Å². The van der Waals surface area contributed by atoms with Gasteiger partial charge >= 0.3 is 5.97 Å². The van der Waals surface area contributed by atoms with Crippen LogP contribution in [0, 0.1) is 0 Å². The minimum Gasteiger partial charge on any atom is -0.496 e. The molecule has 6 heteroatoms.